The molecule has 3 rings (SSSR count). The zero-order valence-corrected chi connectivity index (χ0v) is 14.7. The zero-order chi connectivity index (χ0) is 17.1. The Balaban J connectivity index is 1.70. The summed E-state index contributed by atoms with van der Waals surface area (Å²) in [4.78, 5) is 4.60. The van der Waals surface area contributed by atoms with E-state index in [0.29, 0.717) is 0 Å². The molecular weight excluding hydrogens is 304 g/mol. The minimum Gasteiger partial charge on any atom is -0.395 e. The number of anilines is 1. The van der Waals surface area contributed by atoms with E-state index in [0.717, 1.165) is 55.6 Å². The number of nitrogens with zero attached hydrogens (tertiary/aromatic N) is 6. The topological polar surface area (TPSA) is 70.3 Å². The van der Waals surface area contributed by atoms with Crippen molar-refractivity contribution in [2.24, 2.45) is 0 Å². The maximum Gasteiger partial charge on any atom is 0.176 e. The lowest BCUT2D eigenvalue weighted by Gasteiger charge is -2.26. The van der Waals surface area contributed by atoms with E-state index >= 15 is 0 Å². The number of aliphatic hydroxyl groups excluding tert-OH is 1. The molecule has 1 saturated heterocycles. The van der Waals surface area contributed by atoms with Crippen LogP contribution in [0.2, 0.25) is 0 Å². The molecule has 0 spiro atoms. The van der Waals surface area contributed by atoms with Gasteiger partial charge in [0.25, 0.3) is 0 Å². The molecule has 0 bridgehead atoms. The second kappa shape index (κ2) is 7.27. The molecule has 1 aliphatic heterocycles. The van der Waals surface area contributed by atoms with Crippen LogP contribution in [0.3, 0.4) is 0 Å². The van der Waals surface area contributed by atoms with Crippen molar-refractivity contribution in [1.82, 2.24) is 24.9 Å². The largest absolute Gasteiger partial charge is 0.395 e. The number of hydrogen-bond donors (Lipinski definition) is 1. The normalized spacial score (nSPS) is 17.8. The number of hydrogen-bond acceptors (Lipinski definition) is 6. The van der Waals surface area contributed by atoms with Crippen molar-refractivity contribution >= 4 is 5.82 Å². The first-order valence-electron chi connectivity index (χ1n) is 8.55. The van der Waals surface area contributed by atoms with Crippen molar-refractivity contribution < 1.29 is 5.11 Å². The maximum absolute atomic E-state index is 9.34. The summed E-state index contributed by atoms with van der Waals surface area (Å²) in [7, 11) is 0. The summed E-state index contributed by atoms with van der Waals surface area (Å²) in [6.07, 6.45) is 1.06. The Hall–Kier alpha value is -1.99. The summed E-state index contributed by atoms with van der Waals surface area (Å²) >= 11 is 0. The fraction of sp³-hybridized carbons (Fsp3) is 0.588. The van der Waals surface area contributed by atoms with Crippen molar-refractivity contribution in [1.29, 1.82) is 0 Å². The van der Waals surface area contributed by atoms with Crippen LogP contribution in [0.25, 0.3) is 5.82 Å². The van der Waals surface area contributed by atoms with Gasteiger partial charge in [-0.3, -0.25) is 4.90 Å². The van der Waals surface area contributed by atoms with Gasteiger partial charge < -0.3 is 10.0 Å². The molecule has 0 aliphatic carbocycles. The summed E-state index contributed by atoms with van der Waals surface area (Å²) < 4.78 is 1.82. The van der Waals surface area contributed by atoms with Crippen LogP contribution in [0.5, 0.6) is 0 Å². The fourth-order valence-corrected chi connectivity index (χ4v) is 3.18. The van der Waals surface area contributed by atoms with Gasteiger partial charge in [0.15, 0.2) is 11.6 Å². The van der Waals surface area contributed by atoms with E-state index < -0.39 is 0 Å². The molecule has 130 valence electrons. The lowest BCUT2D eigenvalue weighted by atomic mass is 10.3. The van der Waals surface area contributed by atoms with Gasteiger partial charge >= 0.3 is 0 Å². The van der Waals surface area contributed by atoms with Crippen LogP contribution in [0.1, 0.15) is 24.7 Å². The van der Waals surface area contributed by atoms with Crippen LogP contribution in [0.15, 0.2) is 18.2 Å². The molecule has 7 nitrogen and oxygen atoms in total. The molecule has 0 aromatic carbocycles. The standard InChI is InChI=1S/C17H26N6O/c1-13-11-14(2)23(20-13)17-6-5-16(18-19-17)22-8-4-7-21(9-10-22)15(3)12-24/h5-6,11,15,24H,4,7-10,12H2,1-3H3. The van der Waals surface area contributed by atoms with Crippen molar-refractivity contribution in [2.45, 2.75) is 33.2 Å². The summed E-state index contributed by atoms with van der Waals surface area (Å²) in [5.74, 6) is 1.65. The highest BCUT2D eigenvalue weighted by atomic mass is 16.3. The van der Waals surface area contributed by atoms with Gasteiger partial charge in [0, 0.05) is 37.9 Å². The summed E-state index contributed by atoms with van der Waals surface area (Å²) in [6, 6.07) is 6.23. The Kier molecular flexibility index (Phi) is 5.11. The third kappa shape index (κ3) is 3.57. The van der Waals surface area contributed by atoms with Gasteiger partial charge in [-0.1, -0.05) is 0 Å². The summed E-state index contributed by atoms with van der Waals surface area (Å²) in [6.45, 7) is 10.1. The van der Waals surface area contributed by atoms with E-state index in [2.05, 4.69) is 32.0 Å². The van der Waals surface area contributed by atoms with Crippen molar-refractivity contribution in [3.63, 3.8) is 0 Å². The lowest BCUT2D eigenvalue weighted by molar-refractivity contribution is 0.141. The Morgan fingerprint density at radius 1 is 1.08 bits per heavy atom. The average Bonchev–Trinajstić information content (AvgIpc) is 2.79. The van der Waals surface area contributed by atoms with E-state index in [1.165, 1.54) is 0 Å². The van der Waals surface area contributed by atoms with E-state index in [-0.39, 0.29) is 12.6 Å². The molecule has 2 aromatic rings. The number of aromatic nitrogens is 4. The summed E-state index contributed by atoms with van der Waals surface area (Å²) in [5, 5.41) is 22.5. The molecule has 0 radical (unpaired) electrons. The molecule has 24 heavy (non-hydrogen) atoms. The molecule has 7 heteroatoms. The minimum atomic E-state index is 0.205. The van der Waals surface area contributed by atoms with Gasteiger partial charge in [-0.25, -0.2) is 4.68 Å². The van der Waals surface area contributed by atoms with Gasteiger partial charge in [0.1, 0.15) is 0 Å². The average molecular weight is 330 g/mol. The first-order chi connectivity index (χ1) is 11.6. The maximum atomic E-state index is 9.34. The molecule has 0 saturated carbocycles. The van der Waals surface area contributed by atoms with E-state index in [1.807, 2.05) is 36.7 Å². The second-order valence-electron chi connectivity index (χ2n) is 6.50. The van der Waals surface area contributed by atoms with E-state index in [9.17, 15) is 5.11 Å². The van der Waals surface area contributed by atoms with Crippen LogP contribution in [-0.2, 0) is 0 Å². The highest BCUT2D eigenvalue weighted by Crippen LogP contribution is 2.16. The number of rotatable bonds is 4. The first-order valence-corrected chi connectivity index (χ1v) is 8.55. The smallest absolute Gasteiger partial charge is 0.176 e. The van der Waals surface area contributed by atoms with E-state index in [1.54, 1.807) is 0 Å². The molecular formula is C17H26N6O. The number of aryl methyl sites for hydroxylation is 2. The molecule has 2 aromatic heterocycles. The summed E-state index contributed by atoms with van der Waals surface area (Å²) in [5.41, 5.74) is 2.03. The van der Waals surface area contributed by atoms with Crippen molar-refractivity contribution in [3.05, 3.63) is 29.6 Å². The van der Waals surface area contributed by atoms with Gasteiger partial charge in [0.2, 0.25) is 0 Å². The molecule has 1 unspecified atom stereocenters. The predicted molar refractivity (Wildman–Crippen MR) is 93.6 cm³/mol. The van der Waals surface area contributed by atoms with Gasteiger partial charge in [0.05, 0.1) is 12.3 Å². The predicted octanol–water partition coefficient (Wildman–Crippen LogP) is 1.17. The second-order valence-corrected chi connectivity index (χ2v) is 6.50. The zero-order valence-electron chi connectivity index (χ0n) is 14.7. The van der Waals surface area contributed by atoms with Crippen LogP contribution >= 0.6 is 0 Å². The third-order valence-corrected chi connectivity index (χ3v) is 4.61. The van der Waals surface area contributed by atoms with Gasteiger partial charge in [-0.05, 0) is 45.4 Å². The monoisotopic (exact) mass is 330 g/mol. The Bertz CT molecular complexity index is 668. The number of aliphatic hydroxyl groups is 1. The van der Waals surface area contributed by atoms with Gasteiger partial charge in [-0.2, -0.15) is 5.10 Å². The first kappa shape index (κ1) is 16.9. The molecule has 1 fully saturated rings. The molecule has 0 amide bonds. The molecule has 1 atom stereocenters. The van der Waals surface area contributed by atoms with Crippen LogP contribution < -0.4 is 4.90 Å². The SMILES string of the molecule is Cc1cc(C)n(-c2ccc(N3CCCN(C(C)CO)CC3)nn2)n1. The molecule has 3 heterocycles. The Morgan fingerprint density at radius 3 is 2.46 bits per heavy atom. The van der Waals surface area contributed by atoms with E-state index in [4.69, 9.17) is 0 Å². The minimum absolute atomic E-state index is 0.205. The molecule has 1 N–H and O–H groups in total. The van der Waals surface area contributed by atoms with Crippen LogP contribution in [-0.4, -0.2) is 68.8 Å². The Labute approximate surface area is 142 Å². The third-order valence-electron chi connectivity index (χ3n) is 4.61. The fourth-order valence-electron chi connectivity index (χ4n) is 3.18. The van der Waals surface area contributed by atoms with Crippen molar-refractivity contribution in [2.75, 3.05) is 37.7 Å². The van der Waals surface area contributed by atoms with Gasteiger partial charge in [-0.15, -0.1) is 10.2 Å². The van der Waals surface area contributed by atoms with Crippen LogP contribution in [0.4, 0.5) is 5.82 Å². The van der Waals surface area contributed by atoms with Crippen LogP contribution in [0, 0.1) is 13.8 Å². The molecule has 1 aliphatic rings. The van der Waals surface area contributed by atoms with Crippen molar-refractivity contribution in [3.8, 4) is 5.82 Å². The quantitative estimate of drug-likeness (QED) is 0.907. The highest BCUT2D eigenvalue weighted by molar-refractivity contribution is 5.40. The highest BCUT2D eigenvalue weighted by Gasteiger charge is 2.19. The Morgan fingerprint density at radius 2 is 1.83 bits per heavy atom. The lowest BCUT2D eigenvalue weighted by Crippen LogP contribution is -2.38.